The van der Waals surface area contributed by atoms with Gasteiger partial charge in [0.25, 0.3) is 5.69 Å². The van der Waals surface area contributed by atoms with Gasteiger partial charge in [-0.15, -0.1) is 0 Å². The molecule has 0 saturated heterocycles. The third kappa shape index (κ3) is 3.04. The molecule has 0 spiro atoms. The van der Waals surface area contributed by atoms with Gasteiger partial charge in [-0.25, -0.2) is 9.97 Å². The van der Waals surface area contributed by atoms with E-state index in [9.17, 15) is 10.1 Å². The number of hydrogen-bond donors (Lipinski definition) is 1. The molecule has 0 aliphatic rings. The molecule has 2 rings (SSSR count). The topological polar surface area (TPSA) is 94.9 Å². The lowest BCUT2D eigenvalue weighted by molar-refractivity contribution is -0.384. The van der Waals surface area contributed by atoms with Crippen molar-refractivity contribution in [2.75, 3.05) is 5.73 Å². The third-order valence-corrected chi connectivity index (χ3v) is 2.62. The second kappa shape index (κ2) is 5.43. The maximum Gasteiger partial charge on any atom is 0.270 e. The molecular weight excluding hydrogens is 244 g/mol. The molecule has 1 aromatic carbocycles. The molecule has 0 bridgehead atoms. The number of non-ortho nitro benzene ring substituents is 1. The van der Waals surface area contributed by atoms with Gasteiger partial charge in [-0.1, -0.05) is 19.1 Å². The Morgan fingerprint density at radius 3 is 2.79 bits per heavy atom. The van der Waals surface area contributed by atoms with Crippen LogP contribution in [0.5, 0.6) is 0 Å². The highest BCUT2D eigenvalue weighted by Gasteiger charge is 2.09. The van der Waals surface area contributed by atoms with Gasteiger partial charge in [0.1, 0.15) is 11.6 Å². The Kier molecular flexibility index (Phi) is 3.70. The summed E-state index contributed by atoms with van der Waals surface area (Å²) in [5, 5.41) is 10.8. The minimum absolute atomic E-state index is 0.0340. The number of aryl methyl sites for hydroxylation is 1. The molecule has 0 saturated carbocycles. The molecule has 0 amide bonds. The zero-order valence-corrected chi connectivity index (χ0v) is 10.5. The monoisotopic (exact) mass is 258 g/mol. The van der Waals surface area contributed by atoms with Crippen molar-refractivity contribution in [1.82, 2.24) is 9.97 Å². The van der Waals surface area contributed by atoms with E-state index in [2.05, 4.69) is 9.97 Å². The van der Waals surface area contributed by atoms with E-state index in [0.717, 1.165) is 12.8 Å². The van der Waals surface area contributed by atoms with E-state index in [-0.39, 0.29) is 5.69 Å². The highest BCUT2D eigenvalue weighted by Crippen LogP contribution is 2.23. The number of nitrogens with two attached hydrogens (primary N) is 1. The molecule has 2 aromatic rings. The lowest BCUT2D eigenvalue weighted by atomic mass is 10.1. The fourth-order valence-corrected chi connectivity index (χ4v) is 1.78. The second-order valence-electron chi connectivity index (χ2n) is 4.15. The van der Waals surface area contributed by atoms with E-state index in [0.29, 0.717) is 22.9 Å². The Hall–Kier alpha value is -2.50. The molecule has 0 fully saturated rings. The Morgan fingerprint density at radius 2 is 2.11 bits per heavy atom. The first-order chi connectivity index (χ1) is 9.10. The number of aromatic nitrogens is 2. The first-order valence-corrected chi connectivity index (χ1v) is 5.98. The second-order valence-corrected chi connectivity index (χ2v) is 4.15. The predicted molar refractivity (Wildman–Crippen MR) is 72.5 cm³/mol. The van der Waals surface area contributed by atoms with Gasteiger partial charge in [-0.05, 0) is 6.42 Å². The lowest BCUT2D eigenvalue weighted by Gasteiger charge is -2.05. The summed E-state index contributed by atoms with van der Waals surface area (Å²) >= 11 is 0. The molecule has 0 radical (unpaired) electrons. The van der Waals surface area contributed by atoms with Gasteiger partial charge in [0.15, 0.2) is 0 Å². The van der Waals surface area contributed by atoms with Crippen molar-refractivity contribution in [3.63, 3.8) is 0 Å². The minimum Gasteiger partial charge on any atom is -0.384 e. The van der Waals surface area contributed by atoms with E-state index in [1.807, 2.05) is 6.92 Å². The summed E-state index contributed by atoms with van der Waals surface area (Å²) in [4.78, 5) is 18.9. The number of anilines is 1. The van der Waals surface area contributed by atoms with Crippen LogP contribution in [-0.2, 0) is 6.42 Å². The number of hydrogen-bond acceptors (Lipinski definition) is 5. The predicted octanol–water partition coefficient (Wildman–Crippen LogP) is 2.59. The van der Waals surface area contributed by atoms with Crippen molar-refractivity contribution < 1.29 is 4.92 Å². The van der Waals surface area contributed by atoms with Crippen LogP contribution in [0, 0.1) is 10.1 Å². The summed E-state index contributed by atoms with van der Waals surface area (Å²) in [6.45, 7) is 2.03. The summed E-state index contributed by atoms with van der Waals surface area (Å²) < 4.78 is 0. The Labute approximate surface area is 110 Å². The zero-order valence-electron chi connectivity index (χ0n) is 10.5. The van der Waals surface area contributed by atoms with Gasteiger partial charge in [-0.2, -0.15) is 0 Å². The van der Waals surface area contributed by atoms with Crippen molar-refractivity contribution in [3.8, 4) is 11.3 Å². The highest BCUT2D eigenvalue weighted by molar-refractivity contribution is 5.64. The Morgan fingerprint density at radius 1 is 1.32 bits per heavy atom. The number of rotatable bonds is 4. The number of benzene rings is 1. The quantitative estimate of drug-likeness (QED) is 0.671. The number of nitro groups is 1. The zero-order chi connectivity index (χ0) is 13.8. The van der Waals surface area contributed by atoms with Crippen molar-refractivity contribution in [3.05, 3.63) is 46.3 Å². The van der Waals surface area contributed by atoms with E-state index in [1.165, 1.54) is 12.1 Å². The van der Waals surface area contributed by atoms with Crippen molar-refractivity contribution in [2.24, 2.45) is 0 Å². The van der Waals surface area contributed by atoms with Crippen LogP contribution in [0.15, 0.2) is 30.3 Å². The van der Waals surface area contributed by atoms with E-state index >= 15 is 0 Å². The van der Waals surface area contributed by atoms with Crippen LogP contribution in [0.3, 0.4) is 0 Å². The van der Waals surface area contributed by atoms with Gasteiger partial charge in [0, 0.05) is 30.2 Å². The molecule has 0 aliphatic heterocycles. The summed E-state index contributed by atoms with van der Waals surface area (Å²) in [7, 11) is 0. The van der Waals surface area contributed by atoms with Gasteiger partial charge in [0.2, 0.25) is 0 Å². The van der Waals surface area contributed by atoms with Crippen molar-refractivity contribution >= 4 is 11.5 Å². The van der Waals surface area contributed by atoms with Crippen LogP contribution in [0.4, 0.5) is 11.5 Å². The summed E-state index contributed by atoms with van der Waals surface area (Å²) in [6.07, 6.45) is 1.64. The molecule has 2 N–H and O–H groups in total. The SMILES string of the molecule is CCCc1nc(N)cc(-c2cccc([N+](=O)[O-])c2)n1. The van der Waals surface area contributed by atoms with Gasteiger partial charge >= 0.3 is 0 Å². The largest absolute Gasteiger partial charge is 0.384 e. The molecular formula is C13H14N4O2. The number of nitrogens with zero attached hydrogens (tertiary/aromatic N) is 3. The lowest BCUT2D eigenvalue weighted by Crippen LogP contribution is -2.01. The van der Waals surface area contributed by atoms with Crippen LogP contribution in [0.1, 0.15) is 19.2 Å². The van der Waals surface area contributed by atoms with Gasteiger partial charge < -0.3 is 5.73 Å². The molecule has 0 atom stereocenters. The molecule has 1 aromatic heterocycles. The summed E-state index contributed by atoms with van der Waals surface area (Å²) in [5.74, 6) is 1.03. The number of nitrogen functional groups attached to an aromatic ring is 1. The third-order valence-electron chi connectivity index (χ3n) is 2.62. The standard InChI is InChI=1S/C13H14N4O2/c1-2-4-13-15-11(8-12(14)16-13)9-5-3-6-10(7-9)17(18)19/h3,5-8H,2,4H2,1H3,(H2,14,15,16). The molecule has 6 nitrogen and oxygen atoms in total. The molecule has 98 valence electrons. The molecule has 19 heavy (non-hydrogen) atoms. The van der Waals surface area contributed by atoms with E-state index in [1.54, 1.807) is 18.2 Å². The number of nitro benzene ring substituents is 1. The van der Waals surface area contributed by atoms with Crippen LogP contribution in [-0.4, -0.2) is 14.9 Å². The van der Waals surface area contributed by atoms with Crippen molar-refractivity contribution in [2.45, 2.75) is 19.8 Å². The van der Waals surface area contributed by atoms with E-state index < -0.39 is 4.92 Å². The minimum atomic E-state index is -0.430. The van der Waals surface area contributed by atoms with Crippen molar-refractivity contribution in [1.29, 1.82) is 0 Å². The Bertz CT molecular complexity index is 613. The molecule has 1 heterocycles. The summed E-state index contributed by atoms with van der Waals surface area (Å²) in [6, 6.07) is 7.95. The van der Waals surface area contributed by atoms with E-state index in [4.69, 9.17) is 5.73 Å². The smallest absolute Gasteiger partial charge is 0.270 e. The van der Waals surface area contributed by atoms with Gasteiger partial charge in [0.05, 0.1) is 10.6 Å². The normalized spacial score (nSPS) is 10.4. The first kappa shape index (κ1) is 12.9. The average molecular weight is 258 g/mol. The fraction of sp³-hybridized carbons (Fsp3) is 0.231. The average Bonchev–Trinajstić information content (AvgIpc) is 2.38. The highest BCUT2D eigenvalue weighted by atomic mass is 16.6. The summed E-state index contributed by atoms with van der Waals surface area (Å²) in [5.41, 5.74) is 7.05. The van der Waals surface area contributed by atoms with Crippen LogP contribution in [0.2, 0.25) is 0 Å². The van der Waals surface area contributed by atoms with Crippen LogP contribution < -0.4 is 5.73 Å². The maximum atomic E-state index is 10.8. The molecule has 6 heteroatoms. The Balaban J connectivity index is 2.46. The van der Waals surface area contributed by atoms with Crippen LogP contribution >= 0.6 is 0 Å². The first-order valence-electron chi connectivity index (χ1n) is 5.98. The van der Waals surface area contributed by atoms with Gasteiger partial charge in [-0.3, -0.25) is 10.1 Å². The molecule has 0 aliphatic carbocycles. The van der Waals surface area contributed by atoms with Crippen LogP contribution in [0.25, 0.3) is 11.3 Å². The maximum absolute atomic E-state index is 10.8. The fourth-order valence-electron chi connectivity index (χ4n) is 1.78. The molecule has 0 unspecified atom stereocenters.